The predicted octanol–water partition coefficient (Wildman–Crippen LogP) is 2.87. The highest BCUT2D eigenvalue weighted by Crippen LogP contribution is 2.21. The number of aromatic nitrogens is 1. The normalized spacial score (nSPS) is 12.1. The Labute approximate surface area is 118 Å². The second-order valence-corrected chi connectivity index (χ2v) is 4.68. The highest BCUT2D eigenvalue weighted by molar-refractivity contribution is 5.66. The summed E-state index contributed by atoms with van der Waals surface area (Å²) in [6.07, 6.45) is 3.69. The topological polar surface area (TPSA) is 62.2 Å². The van der Waals surface area contributed by atoms with E-state index in [1.807, 2.05) is 19.1 Å². The standard InChI is InChI=1S/C16H18N2O2/c1-12(18-11-8-16(19)20)13-2-4-14(5-3-13)15-6-9-17-10-7-15/h2-7,9-10,12,18H,8,11H2,1H3,(H,19,20). The maximum atomic E-state index is 10.5. The first-order chi connectivity index (χ1) is 9.66. The van der Waals surface area contributed by atoms with Crippen LogP contribution < -0.4 is 5.32 Å². The van der Waals surface area contributed by atoms with Crippen molar-refractivity contribution in [1.29, 1.82) is 0 Å². The molecule has 0 aliphatic heterocycles. The number of rotatable bonds is 6. The molecule has 20 heavy (non-hydrogen) atoms. The Bertz CT molecular complexity index is 552. The van der Waals surface area contributed by atoms with Crippen LogP contribution >= 0.6 is 0 Å². The minimum Gasteiger partial charge on any atom is -0.481 e. The Kier molecular flexibility index (Phi) is 4.85. The largest absolute Gasteiger partial charge is 0.481 e. The molecular weight excluding hydrogens is 252 g/mol. The zero-order valence-electron chi connectivity index (χ0n) is 11.4. The number of carboxylic acid groups (broad SMARTS) is 1. The summed E-state index contributed by atoms with van der Waals surface area (Å²) in [4.78, 5) is 14.5. The molecule has 2 rings (SSSR count). The van der Waals surface area contributed by atoms with E-state index in [2.05, 4.69) is 34.6 Å². The third kappa shape index (κ3) is 3.90. The third-order valence-electron chi connectivity index (χ3n) is 3.21. The van der Waals surface area contributed by atoms with E-state index in [0.29, 0.717) is 6.54 Å². The molecular formula is C16H18N2O2. The summed E-state index contributed by atoms with van der Waals surface area (Å²) < 4.78 is 0. The van der Waals surface area contributed by atoms with Crippen molar-refractivity contribution in [2.45, 2.75) is 19.4 Å². The lowest BCUT2D eigenvalue weighted by Gasteiger charge is -2.14. The molecule has 4 nitrogen and oxygen atoms in total. The van der Waals surface area contributed by atoms with E-state index in [4.69, 9.17) is 5.11 Å². The Hall–Kier alpha value is -2.20. The smallest absolute Gasteiger partial charge is 0.304 e. The fourth-order valence-corrected chi connectivity index (χ4v) is 2.02. The number of pyridine rings is 1. The number of carbonyl (C=O) groups is 1. The molecule has 1 aromatic carbocycles. The molecule has 0 bridgehead atoms. The summed E-state index contributed by atoms with van der Waals surface area (Å²) >= 11 is 0. The lowest BCUT2D eigenvalue weighted by molar-refractivity contribution is -0.136. The van der Waals surface area contributed by atoms with E-state index in [9.17, 15) is 4.79 Å². The third-order valence-corrected chi connectivity index (χ3v) is 3.21. The molecule has 0 fully saturated rings. The van der Waals surface area contributed by atoms with Crippen LogP contribution in [0, 0.1) is 0 Å². The van der Waals surface area contributed by atoms with Crippen LogP contribution in [0.4, 0.5) is 0 Å². The molecule has 2 N–H and O–H groups in total. The van der Waals surface area contributed by atoms with Crippen molar-refractivity contribution >= 4 is 5.97 Å². The number of aliphatic carboxylic acids is 1. The van der Waals surface area contributed by atoms with Crippen LogP contribution in [0.2, 0.25) is 0 Å². The number of nitrogens with one attached hydrogen (secondary N) is 1. The second kappa shape index (κ2) is 6.82. The van der Waals surface area contributed by atoms with E-state index in [1.54, 1.807) is 12.4 Å². The minimum absolute atomic E-state index is 0.138. The predicted molar refractivity (Wildman–Crippen MR) is 78.3 cm³/mol. The van der Waals surface area contributed by atoms with E-state index in [0.717, 1.165) is 16.7 Å². The number of hydrogen-bond acceptors (Lipinski definition) is 3. The first-order valence-electron chi connectivity index (χ1n) is 6.62. The number of carboxylic acids is 1. The second-order valence-electron chi connectivity index (χ2n) is 4.68. The van der Waals surface area contributed by atoms with Gasteiger partial charge in [-0.2, -0.15) is 0 Å². The SMILES string of the molecule is CC(NCCC(=O)O)c1ccc(-c2ccncc2)cc1. The van der Waals surface area contributed by atoms with Crippen LogP contribution in [0.5, 0.6) is 0 Å². The van der Waals surface area contributed by atoms with Gasteiger partial charge in [0.25, 0.3) is 0 Å². The van der Waals surface area contributed by atoms with Crippen molar-refractivity contribution in [2.24, 2.45) is 0 Å². The van der Waals surface area contributed by atoms with Gasteiger partial charge in [0.1, 0.15) is 0 Å². The van der Waals surface area contributed by atoms with Gasteiger partial charge >= 0.3 is 5.97 Å². The molecule has 1 atom stereocenters. The van der Waals surface area contributed by atoms with E-state index < -0.39 is 5.97 Å². The van der Waals surface area contributed by atoms with Gasteiger partial charge in [-0.05, 0) is 35.7 Å². The van der Waals surface area contributed by atoms with Gasteiger partial charge in [-0.15, -0.1) is 0 Å². The maximum Gasteiger partial charge on any atom is 0.304 e. The molecule has 0 saturated carbocycles. The summed E-state index contributed by atoms with van der Waals surface area (Å²) in [6.45, 7) is 2.51. The minimum atomic E-state index is -0.780. The molecule has 0 saturated heterocycles. The van der Waals surface area contributed by atoms with E-state index >= 15 is 0 Å². The van der Waals surface area contributed by atoms with E-state index in [-0.39, 0.29) is 12.5 Å². The Balaban J connectivity index is 1.99. The fraction of sp³-hybridized carbons (Fsp3) is 0.250. The van der Waals surface area contributed by atoms with Gasteiger partial charge in [-0.3, -0.25) is 9.78 Å². The van der Waals surface area contributed by atoms with Gasteiger partial charge in [0.2, 0.25) is 0 Å². The van der Waals surface area contributed by atoms with Crippen LogP contribution in [-0.4, -0.2) is 22.6 Å². The van der Waals surface area contributed by atoms with Gasteiger partial charge in [0.05, 0.1) is 6.42 Å². The quantitative estimate of drug-likeness (QED) is 0.847. The average Bonchev–Trinajstić information content (AvgIpc) is 2.48. The summed E-state index contributed by atoms with van der Waals surface area (Å²) in [5, 5.41) is 11.8. The van der Waals surface area contributed by atoms with Gasteiger partial charge < -0.3 is 10.4 Å². The Morgan fingerprint density at radius 3 is 2.35 bits per heavy atom. The van der Waals surface area contributed by atoms with Crippen molar-refractivity contribution in [3.05, 3.63) is 54.4 Å². The van der Waals surface area contributed by atoms with E-state index in [1.165, 1.54) is 0 Å². The van der Waals surface area contributed by atoms with Crippen molar-refractivity contribution in [1.82, 2.24) is 10.3 Å². The molecule has 104 valence electrons. The molecule has 0 spiro atoms. The number of nitrogens with zero attached hydrogens (tertiary/aromatic N) is 1. The Morgan fingerprint density at radius 2 is 1.75 bits per heavy atom. The summed E-state index contributed by atoms with van der Waals surface area (Å²) in [5.74, 6) is -0.780. The first kappa shape index (κ1) is 14.2. The monoisotopic (exact) mass is 270 g/mol. The summed E-state index contributed by atoms with van der Waals surface area (Å²) in [6, 6.07) is 12.4. The molecule has 0 radical (unpaired) electrons. The summed E-state index contributed by atoms with van der Waals surface area (Å²) in [5.41, 5.74) is 3.43. The van der Waals surface area contributed by atoms with Gasteiger partial charge in [0.15, 0.2) is 0 Å². The number of benzene rings is 1. The van der Waals surface area contributed by atoms with Gasteiger partial charge in [-0.25, -0.2) is 0 Å². The van der Waals surface area contributed by atoms with Crippen LogP contribution in [0.1, 0.15) is 24.9 Å². The molecule has 1 aromatic heterocycles. The van der Waals surface area contributed by atoms with Crippen LogP contribution in [0.25, 0.3) is 11.1 Å². The van der Waals surface area contributed by atoms with Crippen LogP contribution in [0.15, 0.2) is 48.8 Å². The Morgan fingerprint density at radius 1 is 1.15 bits per heavy atom. The molecule has 0 aliphatic rings. The molecule has 1 heterocycles. The van der Waals surface area contributed by atoms with Crippen molar-refractivity contribution in [2.75, 3.05) is 6.54 Å². The molecule has 1 unspecified atom stereocenters. The zero-order valence-corrected chi connectivity index (χ0v) is 11.4. The van der Waals surface area contributed by atoms with Crippen molar-refractivity contribution in [3.63, 3.8) is 0 Å². The molecule has 4 heteroatoms. The summed E-state index contributed by atoms with van der Waals surface area (Å²) in [7, 11) is 0. The zero-order chi connectivity index (χ0) is 14.4. The highest BCUT2D eigenvalue weighted by atomic mass is 16.4. The van der Waals surface area contributed by atoms with Gasteiger partial charge in [-0.1, -0.05) is 24.3 Å². The van der Waals surface area contributed by atoms with Crippen molar-refractivity contribution < 1.29 is 9.90 Å². The highest BCUT2D eigenvalue weighted by Gasteiger charge is 2.06. The molecule has 0 aliphatic carbocycles. The lowest BCUT2D eigenvalue weighted by atomic mass is 10.0. The maximum absolute atomic E-state index is 10.5. The van der Waals surface area contributed by atoms with Crippen LogP contribution in [-0.2, 0) is 4.79 Å². The average molecular weight is 270 g/mol. The molecule has 0 amide bonds. The van der Waals surface area contributed by atoms with Crippen molar-refractivity contribution in [3.8, 4) is 11.1 Å². The number of hydrogen-bond donors (Lipinski definition) is 2. The molecule has 2 aromatic rings. The first-order valence-corrected chi connectivity index (χ1v) is 6.62. The fourth-order valence-electron chi connectivity index (χ4n) is 2.02. The lowest BCUT2D eigenvalue weighted by Crippen LogP contribution is -2.21. The van der Waals surface area contributed by atoms with Gasteiger partial charge in [0, 0.05) is 25.0 Å². The van der Waals surface area contributed by atoms with Crippen LogP contribution in [0.3, 0.4) is 0 Å².